The highest BCUT2D eigenvalue weighted by molar-refractivity contribution is 7.80. The predicted octanol–water partition coefficient (Wildman–Crippen LogP) is 5.78. The molecule has 0 radical (unpaired) electrons. The Bertz CT molecular complexity index is 1270. The molecule has 0 unspecified atom stereocenters. The first-order valence-electron chi connectivity index (χ1n) is 10.2. The lowest BCUT2D eigenvalue weighted by Gasteiger charge is -2.09. The van der Waals surface area contributed by atoms with Crippen molar-refractivity contribution in [1.82, 2.24) is 9.78 Å². The monoisotopic (exact) mass is 480 g/mol. The molecule has 2 N–H and O–H groups in total. The van der Waals surface area contributed by atoms with Gasteiger partial charge >= 0.3 is 5.97 Å². The number of aromatic nitrogens is 2. The number of benzene rings is 2. The highest BCUT2D eigenvalue weighted by atomic mass is 32.1. The number of carbonyl (C=O) groups is 1. The first kappa shape index (κ1) is 22.6. The van der Waals surface area contributed by atoms with E-state index in [-0.39, 0.29) is 12.4 Å². The molecule has 0 aliphatic heterocycles. The first-order valence-corrected chi connectivity index (χ1v) is 11.5. The van der Waals surface area contributed by atoms with Crippen LogP contribution in [0.15, 0.2) is 73.1 Å². The van der Waals surface area contributed by atoms with Gasteiger partial charge in [-0.3, -0.25) is 4.68 Å². The van der Waals surface area contributed by atoms with Gasteiger partial charge in [0.05, 0.1) is 30.6 Å². The zero-order chi connectivity index (χ0) is 23.2. The SMILES string of the molecule is CCOC(=O)c1cc(-c2ccccc2)sc1NC(=S)Nc1cnn(Cc2ccccc2F)c1. The Hall–Kier alpha value is -3.56. The summed E-state index contributed by atoms with van der Waals surface area (Å²) in [7, 11) is 0. The van der Waals surface area contributed by atoms with E-state index in [0.29, 0.717) is 33.5 Å². The summed E-state index contributed by atoms with van der Waals surface area (Å²) in [5.74, 6) is -0.697. The summed E-state index contributed by atoms with van der Waals surface area (Å²) in [4.78, 5) is 13.4. The van der Waals surface area contributed by atoms with Crippen LogP contribution in [0.2, 0.25) is 0 Å². The van der Waals surface area contributed by atoms with E-state index in [2.05, 4.69) is 15.7 Å². The summed E-state index contributed by atoms with van der Waals surface area (Å²) in [6.07, 6.45) is 3.33. The van der Waals surface area contributed by atoms with Gasteiger partial charge in [-0.2, -0.15) is 5.10 Å². The summed E-state index contributed by atoms with van der Waals surface area (Å²) in [6.45, 7) is 2.34. The van der Waals surface area contributed by atoms with Crippen molar-refractivity contribution in [2.75, 3.05) is 17.2 Å². The summed E-state index contributed by atoms with van der Waals surface area (Å²) in [6, 6.07) is 18.1. The van der Waals surface area contributed by atoms with Gasteiger partial charge < -0.3 is 15.4 Å². The van der Waals surface area contributed by atoms with Crippen molar-refractivity contribution >= 4 is 45.3 Å². The van der Waals surface area contributed by atoms with E-state index in [0.717, 1.165) is 10.4 Å². The number of thiocarbonyl (C=S) groups is 1. The molecule has 0 saturated carbocycles. The molecule has 0 aliphatic carbocycles. The molecule has 9 heteroatoms. The van der Waals surface area contributed by atoms with Gasteiger partial charge in [0.25, 0.3) is 0 Å². The summed E-state index contributed by atoms with van der Waals surface area (Å²) < 4.78 is 20.7. The van der Waals surface area contributed by atoms with Crippen molar-refractivity contribution in [2.24, 2.45) is 0 Å². The van der Waals surface area contributed by atoms with E-state index in [1.54, 1.807) is 48.3 Å². The minimum Gasteiger partial charge on any atom is -0.462 e. The van der Waals surface area contributed by atoms with E-state index in [1.807, 2.05) is 30.3 Å². The lowest BCUT2D eigenvalue weighted by molar-refractivity contribution is 0.0528. The van der Waals surface area contributed by atoms with Crippen LogP contribution in [0.5, 0.6) is 0 Å². The van der Waals surface area contributed by atoms with Gasteiger partial charge in [-0.25, -0.2) is 9.18 Å². The van der Waals surface area contributed by atoms with Crippen LogP contribution in [-0.4, -0.2) is 27.5 Å². The highest BCUT2D eigenvalue weighted by Crippen LogP contribution is 2.36. The highest BCUT2D eigenvalue weighted by Gasteiger charge is 2.19. The number of thiophene rings is 1. The molecule has 2 aromatic heterocycles. The molecule has 0 saturated heterocycles. The number of anilines is 2. The zero-order valence-electron chi connectivity index (χ0n) is 17.7. The maximum absolute atomic E-state index is 13.9. The molecule has 0 amide bonds. The van der Waals surface area contributed by atoms with Gasteiger partial charge in [-0.15, -0.1) is 11.3 Å². The van der Waals surface area contributed by atoms with Gasteiger partial charge in [-0.1, -0.05) is 48.5 Å². The van der Waals surface area contributed by atoms with Crippen LogP contribution in [0.25, 0.3) is 10.4 Å². The normalized spacial score (nSPS) is 10.6. The Kier molecular flexibility index (Phi) is 7.11. The number of ether oxygens (including phenoxy) is 1. The third kappa shape index (κ3) is 5.63. The zero-order valence-corrected chi connectivity index (χ0v) is 19.4. The molecule has 2 aromatic carbocycles. The number of nitrogens with one attached hydrogen (secondary N) is 2. The smallest absolute Gasteiger partial charge is 0.341 e. The minimum absolute atomic E-state index is 0.276. The van der Waals surface area contributed by atoms with Crippen LogP contribution in [0.1, 0.15) is 22.8 Å². The molecule has 0 spiro atoms. The quantitative estimate of drug-likeness (QED) is 0.258. The first-order chi connectivity index (χ1) is 16.0. The number of nitrogens with zero attached hydrogens (tertiary/aromatic N) is 2. The maximum atomic E-state index is 13.9. The van der Waals surface area contributed by atoms with E-state index in [4.69, 9.17) is 17.0 Å². The second-order valence-electron chi connectivity index (χ2n) is 7.04. The Morgan fingerprint density at radius 1 is 1.15 bits per heavy atom. The van der Waals surface area contributed by atoms with Crippen molar-refractivity contribution in [1.29, 1.82) is 0 Å². The molecular formula is C24H21FN4O2S2. The number of carbonyl (C=O) groups excluding carboxylic acids is 1. The second kappa shape index (κ2) is 10.4. The van der Waals surface area contributed by atoms with Crippen LogP contribution in [0, 0.1) is 5.82 Å². The largest absolute Gasteiger partial charge is 0.462 e. The average molecular weight is 481 g/mol. The van der Waals surface area contributed by atoms with Gasteiger partial charge in [0, 0.05) is 16.6 Å². The third-order valence-electron chi connectivity index (χ3n) is 4.69. The van der Waals surface area contributed by atoms with Gasteiger partial charge in [-0.05, 0) is 36.8 Å². The molecule has 0 aliphatic rings. The topological polar surface area (TPSA) is 68.2 Å². The van der Waals surface area contributed by atoms with Crippen LogP contribution in [0.4, 0.5) is 15.1 Å². The van der Waals surface area contributed by atoms with Gasteiger partial charge in [0.15, 0.2) is 5.11 Å². The van der Waals surface area contributed by atoms with E-state index >= 15 is 0 Å². The van der Waals surface area contributed by atoms with Gasteiger partial charge in [0.2, 0.25) is 0 Å². The summed E-state index contributed by atoms with van der Waals surface area (Å²) >= 11 is 6.86. The Morgan fingerprint density at radius 2 is 1.91 bits per heavy atom. The van der Waals surface area contributed by atoms with Crippen LogP contribution in [-0.2, 0) is 11.3 Å². The van der Waals surface area contributed by atoms with Crippen molar-refractivity contribution < 1.29 is 13.9 Å². The molecule has 0 fully saturated rings. The molecule has 4 rings (SSSR count). The fourth-order valence-electron chi connectivity index (χ4n) is 3.17. The molecular weight excluding hydrogens is 459 g/mol. The lowest BCUT2D eigenvalue weighted by Crippen LogP contribution is -2.19. The van der Waals surface area contributed by atoms with Crippen molar-refractivity contribution in [3.05, 3.63) is 90.0 Å². The summed E-state index contributed by atoms with van der Waals surface area (Å²) in [5, 5.41) is 11.3. The maximum Gasteiger partial charge on any atom is 0.341 e. The van der Waals surface area contributed by atoms with E-state index < -0.39 is 5.97 Å². The molecule has 0 atom stereocenters. The number of halogens is 1. The number of hydrogen-bond acceptors (Lipinski definition) is 5. The Balaban J connectivity index is 1.48. The van der Waals surface area contributed by atoms with Crippen LogP contribution in [0.3, 0.4) is 0 Å². The molecule has 4 aromatic rings. The number of rotatable bonds is 7. The molecule has 168 valence electrons. The van der Waals surface area contributed by atoms with Crippen molar-refractivity contribution in [3.8, 4) is 10.4 Å². The number of esters is 1. The fraction of sp³-hybridized carbons (Fsp3) is 0.125. The summed E-state index contributed by atoms with van der Waals surface area (Å²) in [5.41, 5.74) is 2.59. The van der Waals surface area contributed by atoms with Crippen LogP contribution >= 0.6 is 23.6 Å². The number of hydrogen-bond donors (Lipinski definition) is 2. The minimum atomic E-state index is -0.418. The molecule has 33 heavy (non-hydrogen) atoms. The van der Waals surface area contributed by atoms with Crippen LogP contribution < -0.4 is 10.6 Å². The average Bonchev–Trinajstić information content (AvgIpc) is 3.43. The molecule has 0 bridgehead atoms. The van der Waals surface area contributed by atoms with E-state index in [9.17, 15) is 9.18 Å². The Morgan fingerprint density at radius 3 is 2.67 bits per heavy atom. The van der Waals surface area contributed by atoms with Crippen molar-refractivity contribution in [3.63, 3.8) is 0 Å². The molecule has 6 nitrogen and oxygen atoms in total. The standard InChI is InChI=1S/C24H21FN4O2S2/c1-2-31-23(30)19-12-21(16-8-4-3-5-9-16)33-22(19)28-24(32)27-18-13-26-29(15-18)14-17-10-6-7-11-20(17)25/h3-13,15H,2,14H2,1H3,(H2,27,28,32). The second-order valence-corrected chi connectivity index (χ2v) is 8.50. The third-order valence-corrected chi connectivity index (χ3v) is 6.00. The van der Waals surface area contributed by atoms with Crippen molar-refractivity contribution in [2.45, 2.75) is 13.5 Å². The lowest BCUT2D eigenvalue weighted by atomic mass is 10.1. The molecule has 2 heterocycles. The Labute approximate surface area is 200 Å². The fourth-order valence-corrected chi connectivity index (χ4v) is 4.51. The van der Waals surface area contributed by atoms with Gasteiger partial charge in [0.1, 0.15) is 10.8 Å². The predicted molar refractivity (Wildman–Crippen MR) is 133 cm³/mol. The van der Waals surface area contributed by atoms with E-state index in [1.165, 1.54) is 17.4 Å².